The van der Waals surface area contributed by atoms with Gasteiger partial charge in [0.05, 0.1) is 12.2 Å². The minimum Gasteiger partial charge on any atom is -0.390 e. The van der Waals surface area contributed by atoms with Crippen LogP contribution in [-0.2, 0) is 4.74 Å². The van der Waals surface area contributed by atoms with Crippen LogP contribution in [0.15, 0.2) is 0 Å². The average molecular weight is 200 g/mol. The second-order valence-electron chi connectivity index (χ2n) is 4.52. The smallest absolute Gasteiger partial charge is 0.0836 e. The van der Waals surface area contributed by atoms with Gasteiger partial charge in [0.15, 0.2) is 0 Å². The molecule has 0 saturated heterocycles. The molecule has 0 spiro atoms. The second kappa shape index (κ2) is 5.72. The minimum absolute atomic E-state index is 0.0905. The van der Waals surface area contributed by atoms with Gasteiger partial charge in [0, 0.05) is 6.61 Å². The third-order valence-electron chi connectivity index (χ3n) is 3.63. The third kappa shape index (κ3) is 2.96. The molecule has 1 rings (SSSR count). The fraction of sp³-hybridized carbons (Fsp3) is 1.00. The summed E-state index contributed by atoms with van der Waals surface area (Å²) in [5.41, 5.74) is 0. The Morgan fingerprint density at radius 2 is 2.07 bits per heavy atom. The molecule has 1 aliphatic rings. The van der Waals surface area contributed by atoms with E-state index in [4.69, 9.17) is 4.74 Å². The fourth-order valence-corrected chi connectivity index (χ4v) is 2.39. The molecule has 0 aromatic carbocycles. The first-order valence-corrected chi connectivity index (χ1v) is 5.98. The molecule has 1 fully saturated rings. The fourth-order valence-electron chi connectivity index (χ4n) is 2.39. The highest BCUT2D eigenvalue weighted by molar-refractivity contribution is 4.82. The maximum atomic E-state index is 9.75. The van der Waals surface area contributed by atoms with Crippen molar-refractivity contribution in [1.82, 2.24) is 0 Å². The van der Waals surface area contributed by atoms with Gasteiger partial charge in [0.25, 0.3) is 0 Å². The van der Waals surface area contributed by atoms with Gasteiger partial charge in [0.1, 0.15) is 0 Å². The van der Waals surface area contributed by atoms with Crippen LogP contribution < -0.4 is 0 Å². The summed E-state index contributed by atoms with van der Waals surface area (Å²) in [6.07, 6.45) is 4.23. The average Bonchev–Trinajstić information content (AvgIpc) is 2.20. The topological polar surface area (TPSA) is 29.5 Å². The van der Waals surface area contributed by atoms with Crippen LogP contribution in [-0.4, -0.2) is 23.9 Å². The summed E-state index contributed by atoms with van der Waals surface area (Å²) in [6, 6.07) is 0. The molecule has 1 N–H and O–H groups in total. The minimum atomic E-state index is -0.227. The molecular formula is C12H24O2. The Kier molecular flexibility index (Phi) is 4.90. The highest BCUT2D eigenvalue weighted by atomic mass is 16.5. The molecule has 2 nitrogen and oxygen atoms in total. The lowest BCUT2D eigenvalue weighted by molar-refractivity contribution is -0.0733. The first kappa shape index (κ1) is 12.0. The number of ether oxygens (including phenoxy) is 1. The molecule has 1 aliphatic carbocycles. The Morgan fingerprint density at radius 3 is 2.64 bits per heavy atom. The summed E-state index contributed by atoms with van der Waals surface area (Å²) < 4.78 is 5.57. The molecular weight excluding hydrogens is 176 g/mol. The van der Waals surface area contributed by atoms with Gasteiger partial charge in [-0.25, -0.2) is 0 Å². The van der Waals surface area contributed by atoms with Crippen LogP contribution >= 0.6 is 0 Å². The van der Waals surface area contributed by atoms with E-state index in [0.717, 1.165) is 31.3 Å². The summed E-state index contributed by atoms with van der Waals surface area (Å²) >= 11 is 0. The summed E-state index contributed by atoms with van der Waals surface area (Å²) in [6.45, 7) is 7.27. The summed E-state index contributed by atoms with van der Waals surface area (Å²) in [4.78, 5) is 0. The zero-order valence-corrected chi connectivity index (χ0v) is 9.70. The van der Waals surface area contributed by atoms with Crippen LogP contribution in [0, 0.1) is 11.8 Å². The number of hydrogen-bond acceptors (Lipinski definition) is 2. The van der Waals surface area contributed by atoms with E-state index in [1.807, 2.05) is 6.92 Å². The number of hydrogen-bond donors (Lipinski definition) is 1. The molecule has 84 valence electrons. The van der Waals surface area contributed by atoms with Crippen molar-refractivity contribution in [2.45, 2.75) is 58.7 Å². The van der Waals surface area contributed by atoms with E-state index in [1.54, 1.807) is 0 Å². The van der Waals surface area contributed by atoms with Crippen LogP contribution in [0.1, 0.15) is 46.5 Å². The van der Waals surface area contributed by atoms with Gasteiger partial charge < -0.3 is 9.84 Å². The van der Waals surface area contributed by atoms with Gasteiger partial charge in [-0.05, 0) is 38.0 Å². The van der Waals surface area contributed by atoms with Gasteiger partial charge in [-0.2, -0.15) is 0 Å². The summed E-state index contributed by atoms with van der Waals surface area (Å²) in [5, 5.41) is 9.75. The Hall–Kier alpha value is -0.0800. The predicted octanol–water partition coefficient (Wildman–Crippen LogP) is 2.60. The Morgan fingerprint density at radius 1 is 1.36 bits per heavy atom. The van der Waals surface area contributed by atoms with Crippen LogP contribution in [0.25, 0.3) is 0 Å². The Bertz CT molecular complexity index is 154. The largest absolute Gasteiger partial charge is 0.390 e. The first-order chi connectivity index (χ1) is 6.69. The van der Waals surface area contributed by atoms with E-state index in [2.05, 4.69) is 13.8 Å². The molecule has 0 bridgehead atoms. The summed E-state index contributed by atoms with van der Waals surface area (Å²) in [7, 11) is 0. The molecule has 1 saturated carbocycles. The highest BCUT2D eigenvalue weighted by Gasteiger charge is 2.31. The normalized spacial score (nSPS) is 35.6. The maximum Gasteiger partial charge on any atom is 0.0836 e. The standard InChI is InChI=1S/C12H24O2/c1-4-9(3)10-6-7-11(13)12(8-10)14-5-2/h9-13H,4-8H2,1-3H3. The van der Waals surface area contributed by atoms with Crippen molar-refractivity contribution in [3.63, 3.8) is 0 Å². The van der Waals surface area contributed by atoms with E-state index in [0.29, 0.717) is 0 Å². The van der Waals surface area contributed by atoms with Crippen molar-refractivity contribution >= 4 is 0 Å². The lowest BCUT2D eigenvalue weighted by atomic mass is 9.77. The molecule has 0 aromatic rings. The van der Waals surface area contributed by atoms with Gasteiger partial charge in [0.2, 0.25) is 0 Å². The first-order valence-electron chi connectivity index (χ1n) is 5.98. The number of rotatable bonds is 4. The van der Waals surface area contributed by atoms with Crippen LogP contribution in [0.3, 0.4) is 0 Å². The molecule has 0 aliphatic heterocycles. The van der Waals surface area contributed by atoms with Crippen LogP contribution in [0.4, 0.5) is 0 Å². The van der Waals surface area contributed by atoms with Gasteiger partial charge in [-0.15, -0.1) is 0 Å². The predicted molar refractivity (Wildman–Crippen MR) is 58.2 cm³/mol. The molecule has 0 amide bonds. The van der Waals surface area contributed by atoms with Crippen molar-refractivity contribution in [3.05, 3.63) is 0 Å². The van der Waals surface area contributed by atoms with Crippen molar-refractivity contribution < 1.29 is 9.84 Å². The van der Waals surface area contributed by atoms with Crippen molar-refractivity contribution in [3.8, 4) is 0 Å². The van der Waals surface area contributed by atoms with E-state index < -0.39 is 0 Å². The van der Waals surface area contributed by atoms with Crippen LogP contribution in [0.5, 0.6) is 0 Å². The van der Waals surface area contributed by atoms with Gasteiger partial charge in [-0.1, -0.05) is 20.3 Å². The molecule has 0 radical (unpaired) electrons. The van der Waals surface area contributed by atoms with E-state index in [1.165, 1.54) is 12.8 Å². The maximum absolute atomic E-state index is 9.75. The molecule has 4 atom stereocenters. The Labute approximate surface area is 87.7 Å². The summed E-state index contributed by atoms with van der Waals surface area (Å²) in [5.74, 6) is 1.52. The molecule has 0 heterocycles. The molecule has 0 aromatic heterocycles. The third-order valence-corrected chi connectivity index (χ3v) is 3.63. The van der Waals surface area contributed by atoms with E-state index in [-0.39, 0.29) is 12.2 Å². The zero-order valence-electron chi connectivity index (χ0n) is 9.70. The lowest BCUT2D eigenvalue weighted by Gasteiger charge is -2.35. The Balaban J connectivity index is 2.44. The van der Waals surface area contributed by atoms with Gasteiger partial charge in [-0.3, -0.25) is 0 Å². The quantitative estimate of drug-likeness (QED) is 0.756. The SMILES string of the molecule is CCOC1CC(C(C)CC)CCC1O. The van der Waals surface area contributed by atoms with Crippen LogP contribution in [0.2, 0.25) is 0 Å². The number of aliphatic hydroxyl groups is 1. The molecule has 2 heteroatoms. The van der Waals surface area contributed by atoms with E-state index >= 15 is 0 Å². The van der Waals surface area contributed by atoms with Crippen molar-refractivity contribution in [2.75, 3.05) is 6.61 Å². The number of aliphatic hydroxyl groups excluding tert-OH is 1. The molecule has 14 heavy (non-hydrogen) atoms. The van der Waals surface area contributed by atoms with Crippen molar-refractivity contribution in [1.29, 1.82) is 0 Å². The highest BCUT2D eigenvalue weighted by Crippen LogP contribution is 2.33. The second-order valence-corrected chi connectivity index (χ2v) is 4.52. The van der Waals surface area contributed by atoms with E-state index in [9.17, 15) is 5.11 Å². The zero-order chi connectivity index (χ0) is 10.6. The monoisotopic (exact) mass is 200 g/mol. The van der Waals surface area contributed by atoms with Gasteiger partial charge >= 0.3 is 0 Å². The van der Waals surface area contributed by atoms with Crippen molar-refractivity contribution in [2.24, 2.45) is 11.8 Å². The lowest BCUT2D eigenvalue weighted by Crippen LogP contribution is -2.37. The molecule has 4 unspecified atom stereocenters.